The van der Waals surface area contributed by atoms with Crippen molar-refractivity contribution in [1.29, 1.82) is 0 Å². The van der Waals surface area contributed by atoms with Gasteiger partial charge in [-0.2, -0.15) is 0 Å². The minimum Gasteiger partial charge on any atom is -0.394 e. The van der Waals surface area contributed by atoms with Crippen LogP contribution in [0.15, 0.2) is 30.3 Å². The van der Waals surface area contributed by atoms with Gasteiger partial charge >= 0.3 is 0 Å². The van der Waals surface area contributed by atoms with Gasteiger partial charge in [0, 0.05) is 5.56 Å². The molecule has 4 fully saturated rings. The zero-order valence-corrected chi connectivity index (χ0v) is 24.2. The Kier molecular flexibility index (Phi) is 10.9. The molecule has 5 rings (SSSR count). The summed E-state index contributed by atoms with van der Waals surface area (Å²) in [5.74, 6) is -0.982. The van der Waals surface area contributed by atoms with Crippen LogP contribution in [0.1, 0.15) is 25.7 Å². The molecule has 4 aliphatic rings. The van der Waals surface area contributed by atoms with Crippen molar-refractivity contribution in [2.45, 2.75) is 112 Å². The van der Waals surface area contributed by atoms with E-state index in [2.05, 4.69) is 0 Å². The maximum atomic E-state index is 10.7. The molecule has 16 nitrogen and oxygen atoms in total. The van der Waals surface area contributed by atoms with E-state index in [0.717, 1.165) is 0 Å². The van der Waals surface area contributed by atoms with Crippen LogP contribution in [0.4, 0.5) is 0 Å². The van der Waals surface area contributed by atoms with Crippen molar-refractivity contribution in [3.63, 3.8) is 0 Å². The molecule has 44 heavy (non-hydrogen) atoms. The van der Waals surface area contributed by atoms with Gasteiger partial charge in [0.2, 0.25) is 0 Å². The molecule has 15 atom stereocenters. The van der Waals surface area contributed by atoms with Gasteiger partial charge in [-0.15, -0.1) is 0 Å². The fourth-order valence-corrected chi connectivity index (χ4v) is 5.67. The first-order chi connectivity index (χ1) is 20.9. The van der Waals surface area contributed by atoms with Gasteiger partial charge in [0.15, 0.2) is 24.7 Å². The quantitative estimate of drug-likeness (QED) is 0.132. The number of rotatable bonds is 9. The monoisotopic (exact) mass is 634 g/mol. The van der Waals surface area contributed by atoms with E-state index in [1.165, 1.54) is 0 Å². The third kappa shape index (κ3) is 7.11. The van der Waals surface area contributed by atoms with Crippen molar-refractivity contribution in [3.05, 3.63) is 35.9 Å². The van der Waals surface area contributed by atoms with Crippen LogP contribution in [0, 0.1) is 0 Å². The van der Waals surface area contributed by atoms with E-state index >= 15 is 0 Å². The predicted octanol–water partition coefficient (Wildman–Crippen LogP) is -3.38. The van der Waals surface area contributed by atoms with E-state index in [1.807, 2.05) is 6.07 Å². The van der Waals surface area contributed by atoms with Crippen molar-refractivity contribution in [2.75, 3.05) is 26.4 Å². The highest BCUT2D eigenvalue weighted by Gasteiger charge is 2.53. The molecule has 250 valence electrons. The Morgan fingerprint density at radius 1 is 0.727 bits per heavy atom. The van der Waals surface area contributed by atoms with E-state index in [4.69, 9.17) is 37.9 Å². The summed E-state index contributed by atoms with van der Waals surface area (Å²) in [5.41, 5.74) is 0.625. The summed E-state index contributed by atoms with van der Waals surface area (Å²) >= 11 is 0. The Morgan fingerprint density at radius 2 is 1.32 bits per heavy atom. The Bertz CT molecular complexity index is 1040. The summed E-state index contributed by atoms with van der Waals surface area (Å²) < 4.78 is 47.6. The van der Waals surface area contributed by atoms with Crippen LogP contribution >= 0.6 is 0 Å². The second kappa shape index (κ2) is 14.1. The summed E-state index contributed by atoms with van der Waals surface area (Å²) in [6.45, 7) is 1.79. The van der Waals surface area contributed by atoms with Crippen LogP contribution in [-0.2, 0) is 37.9 Å². The van der Waals surface area contributed by atoms with Crippen LogP contribution in [0.25, 0.3) is 0 Å². The van der Waals surface area contributed by atoms with Crippen LogP contribution in [0.3, 0.4) is 0 Å². The number of benzene rings is 1. The van der Waals surface area contributed by atoms with Gasteiger partial charge in [-0.1, -0.05) is 30.3 Å². The van der Waals surface area contributed by atoms with Crippen molar-refractivity contribution < 1.29 is 78.7 Å². The SMILES string of the molecule is CC1(C)OC[C@H]([C@H]2OC(c3ccccc3)O[C@@H](CO[C@@H]3O[C@H](CO)[C@@H](O)[C@H](O)[C@H]3O)C2O[C@@H]2O[C@H](CO)[C@@H](O)[C@H](O)[C@H]2O)O1. The topological polar surface area (TPSA) is 236 Å². The second-order valence-electron chi connectivity index (χ2n) is 11.7. The van der Waals surface area contributed by atoms with Crippen LogP contribution < -0.4 is 0 Å². The van der Waals surface area contributed by atoms with E-state index in [9.17, 15) is 40.9 Å². The Morgan fingerprint density at radius 3 is 1.89 bits per heavy atom. The molecular formula is C28H42O16. The van der Waals surface area contributed by atoms with E-state index in [0.29, 0.717) is 5.56 Å². The number of aliphatic hydroxyl groups excluding tert-OH is 8. The summed E-state index contributed by atoms with van der Waals surface area (Å²) in [5, 5.41) is 81.6. The number of ether oxygens (including phenoxy) is 8. The maximum Gasteiger partial charge on any atom is 0.187 e. The van der Waals surface area contributed by atoms with Gasteiger partial charge in [0.1, 0.15) is 73.2 Å². The molecule has 0 spiro atoms. The molecule has 1 aromatic carbocycles. The van der Waals surface area contributed by atoms with Crippen LogP contribution in [0.2, 0.25) is 0 Å². The van der Waals surface area contributed by atoms with Crippen molar-refractivity contribution in [1.82, 2.24) is 0 Å². The molecule has 0 radical (unpaired) electrons. The molecule has 0 saturated carbocycles. The number of hydrogen-bond donors (Lipinski definition) is 8. The van der Waals surface area contributed by atoms with Gasteiger partial charge in [-0.05, 0) is 13.8 Å². The predicted molar refractivity (Wildman–Crippen MR) is 142 cm³/mol. The lowest BCUT2D eigenvalue weighted by Crippen LogP contribution is -2.63. The molecule has 0 amide bonds. The van der Waals surface area contributed by atoms with Gasteiger partial charge in [-0.25, -0.2) is 0 Å². The molecule has 0 bridgehead atoms. The normalized spacial score (nSPS) is 46.2. The third-order valence-corrected chi connectivity index (χ3v) is 8.15. The lowest BCUT2D eigenvalue weighted by atomic mass is 9.97. The Balaban J connectivity index is 1.44. The van der Waals surface area contributed by atoms with Gasteiger partial charge < -0.3 is 78.7 Å². The summed E-state index contributed by atoms with van der Waals surface area (Å²) in [6.07, 6.45) is -20.6. The molecule has 1 aromatic rings. The second-order valence-corrected chi connectivity index (χ2v) is 11.7. The largest absolute Gasteiger partial charge is 0.394 e. The minimum absolute atomic E-state index is 0.0774. The van der Waals surface area contributed by atoms with Gasteiger partial charge in [-0.3, -0.25) is 0 Å². The standard InChI is InChI=1S/C28H42O16/c1-28(2)38-11-16(44-28)24-23(43-27-22(36)20(34)18(32)14(9-30)40-27)15(41-25(42-24)12-6-4-3-5-7-12)10-37-26-21(35)19(33)17(31)13(8-29)39-26/h3-7,13-27,29-36H,8-11H2,1-2H3/t13-,14-,15+,16-,17-,18-,19+,20+,21-,22-,23?,24-,25?,26-,27+/m1/s1. The van der Waals surface area contributed by atoms with Crippen molar-refractivity contribution >= 4 is 0 Å². The lowest BCUT2D eigenvalue weighted by Gasteiger charge is -2.47. The van der Waals surface area contributed by atoms with Crippen LogP contribution in [0.5, 0.6) is 0 Å². The molecule has 16 heteroatoms. The van der Waals surface area contributed by atoms with Gasteiger partial charge in [0.05, 0.1) is 26.4 Å². The first-order valence-corrected chi connectivity index (χ1v) is 14.5. The molecule has 8 N–H and O–H groups in total. The maximum absolute atomic E-state index is 10.7. The van der Waals surface area contributed by atoms with E-state index in [1.54, 1.807) is 38.1 Å². The molecule has 0 aliphatic carbocycles. The zero-order valence-electron chi connectivity index (χ0n) is 24.2. The summed E-state index contributed by atoms with van der Waals surface area (Å²) in [6, 6.07) is 8.92. The van der Waals surface area contributed by atoms with Crippen molar-refractivity contribution in [3.8, 4) is 0 Å². The van der Waals surface area contributed by atoms with Gasteiger partial charge in [0.25, 0.3) is 0 Å². The molecule has 4 aliphatic heterocycles. The fourth-order valence-electron chi connectivity index (χ4n) is 5.67. The summed E-state index contributed by atoms with van der Waals surface area (Å²) in [7, 11) is 0. The molecular weight excluding hydrogens is 592 g/mol. The average Bonchev–Trinajstić information content (AvgIpc) is 3.39. The minimum atomic E-state index is -1.75. The highest BCUT2D eigenvalue weighted by Crippen LogP contribution is 2.39. The Hall–Kier alpha value is -1.42. The number of aliphatic hydroxyl groups is 8. The highest BCUT2D eigenvalue weighted by molar-refractivity contribution is 5.17. The van der Waals surface area contributed by atoms with E-state index < -0.39 is 111 Å². The van der Waals surface area contributed by atoms with E-state index in [-0.39, 0.29) is 13.2 Å². The third-order valence-electron chi connectivity index (χ3n) is 8.15. The van der Waals surface area contributed by atoms with Crippen molar-refractivity contribution in [2.24, 2.45) is 0 Å². The molecule has 2 unspecified atom stereocenters. The Labute approximate surface area is 253 Å². The molecule has 4 heterocycles. The molecule has 4 saturated heterocycles. The van der Waals surface area contributed by atoms with Crippen LogP contribution in [-0.4, -0.2) is 159 Å². The lowest BCUT2D eigenvalue weighted by molar-refractivity contribution is -0.376. The molecule has 0 aromatic heterocycles. The first-order valence-electron chi connectivity index (χ1n) is 14.5. The number of hydrogen-bond acceptors (Lipinski definition) is 16. The average molecular weight is 635 g/mol. The smallest absolute Gasteiger partial charge is 0.187 e. The fraction of sp³-hybridized carbons (Fsp3) is 0.786. The summed E-state index contributed by atoms with van der Waals surface area (Å²) in [4.78, 5) is 0. The first kappa shape index (κ1) is 33.9. The highest BCUT2D eigenvalue weighted by atomic mass is 16.8. The zero-order chi connectivity index (χ0) is 31.8.